The molecule has 1 aromatic carbocycles. The molecule has 8 nitrogen and oxygen atoms in total. The molecule has 0 aliphatic rings. The van der Waals surface area contributed by atoms with Crippen molar-refractivity contribution in [3.05, 3.63) is 79.6 Å². The van der Waals surface area contributed by atoms with Gasteiger partial charge < -0.3 is 19.7 Å². The lowest BCUT2D eigenvalue weighted by Crippen LogP contribution is -2.21. The highest BCUT2D eigenvalue weighted by atomic mass is 16.5. The summed E-state index contributed by atoms with van der Waals surface area (Å²) in [5.41, 5.74) is 2.23. The largest absolute Gasteiger partial charge is 0.493 e. The Hall–Kier alpha value is -3.42. The number of rotatable bonds is 7. The summed E-state index contributed by atoms with van der Waals surface area (Å²) in [6.07, 6.45) is 1.62. The first-order valence-corrected chi connectivity index (χ1v) is 8.44. The molecule has 0 amide bonds. The van der Waals surface area contributed by atoms with Crippen molar-refractivity contribution in [3.8, 4) is 11.5 Å². The van der Waals surface area contributed by atoms with Gasteiger partial charge in [-0.05, 0) is 19.9 Å². The highest BCUT2D eigenvalue weighted by Gasteiger charge is 2.31. The van der Waals surface area contributed by atoms with Gasteiger partial charge in [0.25, 0.3) is 11.1 Å². The van der Waals surface area contributed by atoms with Crippen LogP contribution < -0.4 is 20.6 Å². The quantitative estimate of drug-likeness (QED) is 0.477. The summed E-state index contributed by atoms with van der Waals surface area (Å²) in [4.78, 5) is 25.1. The van der Waals surface area contributed by atoms with Gasteiger partial charge in [0.1, 0.15) is 6.61 Å². The maximum absolute atomic E-state index is 12.6. The normalized spacial score (nSPS) is 11.0. The van der Waals surface area contributed by atoms with Crippen molar-refractivity contribution in [1.29, 1.82) is 0 Å². The summed E-state index contributed by atoms with van der Waals surface area (Å²) >= 11 is 0. The molecule has 3 aromatic rings. The van der Waals surface area contributed by atoms with Gasteiger partial charge in [0.2, 0.25) is 0 Å². The molecule has 0 fully saturated rings. The predicted molar refractivity (Wildman–Crippen MR) is 102 cm³/mol. The van der Waals surface area contributed by atoms with E-state index in [4.69, 9.17) is 9.47 Å². The first-order chi connectivity index (χ1) is 13.0. The molecule has 2 aromatic heterocycles. The average molecular weight is 370 g/mol. The zero-order valence-corrected chi connectivity index (χ0v) is 15.4. The first kappa shape index (κ1) is 18.4. The number of aromatic amines is 4. The molecular formula is C19H22N4O4. The number of aromatic nitrogens is 4. The molecule has 0 spiro atoms. The summed E-state index contributed by atoms with van der Waals surface area (Å²) in [5.74, 6) is 0.323. The predicted octanol–water partition coefficient (Wildman–Crippen LogP) is 2.09. The first-order valence-electron chi connectivity index (χ1n) is 8.44. The van der Waals surface area contributed by atoms with E-state index in [0.717, 1.165) is 0 Å². The van der Waals surface area contributed by atoms with Crippen LogP contribution in [0, 0.1) is 13.8 Å². The van der Waals surface area contributed by atoms with Gasteiger partial charge >= 0.3 is 0 Å². The number of H-pyrrole nitrogens is 4. The SMILES string of the molecule is C=CCOc1c(OC)cccc1C(c1c(C)[nH][nH]c1=O)c1c(C)[nH][nH]c1=O. The van der Waals surface area contributed by atoms with Crippen LogP contribution in [-0.4, -0.2) is 34.1 Å². The zero-order chi connectivity index (χ0) is 19.6. The Morgan fingerprint density at radius 1 is 1.04 bits per heavy atom. The van der Waals surface area contributed by atoms with E-state index in [0.29, 0.717) is 39.6 Å². The monoisotopic (exact) mass is 370 g/mol. The Kier molecular flexibility index (Phi) is 5.07. The van der Waals surface area contributed by atoms with Crippen LogP contribution in [0.3, 0.4) is 0 Å². The number of para-hydroxylation sites is 1. The maximum atomic E-state index is 12.6. The van der Waals surface area contributed by atoms with Crippen LogP contribution in [0.4, 0.5) is 0 Å². The second-order valence-electron chi connectivity index (χ2n) is 6.15. The third-order valence-electron chi connectivity index (χ3n) is 4.49. The second kappa shape index (κ2) is 7.45. The van der Waals surface area contributed by atoms with E-state index in [2.05, 4.69) is 27.0 Å². The Morgan fingerprint density at radius 2 is 1.63 bits per heavy atom. The fourth-order valence-corrected chi connectivity index (χ4v) is 3.28. The highest BCUT2D eigenvalue weighted by molar-refractivity contribution is 5.55. The summed E-state index contributed by atoms with van der Waals surface area (Å²) < 4.78 is 11.3. The number of nitrogens with one attached hydrogen (secondary N) is 4. The number of methoxy groups -OCH3 is 1. The highest BCUT2D eigenvalue weighted by Crippen LogP contribution is 2.41. The van der Waals surface area contributed by atoms with Gasteiger partial charge in [-0.3, -0.25) is 19.8 Å². The minimum absolute atomic E-state index is 0.255. The fraction of sp³-hybridized carbons (Fsp3) is 0.263. The second-order valence-corrected chi connectivity index (χ2v) is 6.15. The minimum atomic E-state index is -0.648. The molecule has 142 valence electrons. The zero-order valence-electron chi connectivity index (χ0n) is 15.4. The molecular weight excluding hydrogens is 348 g/mol. The van der Waals surface area contributed by atoms with Gasteiger partial charge in [0, 0.05) is 17.0 Å². The number of benzene rings is 1. The third-order valence-corrected chi connectivity index (χ3v) is 4.49. The van der Waals surface area contributed by atoms with E-state index < -0.39 is 5.92 Å². The van der Waals surface area contributed by atoms with E-state index in [1.807, 2.05) is 6.07 Å². The molecule has 3 rings (SSSR count). The molecule has 0 aliphatic carbocycles. The number of hydrogen-bond donors (Lipinski definition) is 4. The third kappa shape index (κ3) is 3.21. The van der Waals surface area contributed by atoms with Crippen LogP contribution in [0.2, 0.25) is 0 Å². The molecule has 0 atom stereocenters. The minimum Gasteiger partial charge on any atom is -0.493 e. The molecule has 0 bridgehead atoms. The van der Waals surface area contributed by atoms with Crippen molar-refractivity contribution in [2.75, 3.05) is 13.7 Å². The maximum Gasteiger partial charge on any atom is 0.268 e. The van der Waals surface area contributed by atoms with Gasteiger partial charge in [-0.2, -0.15) is 0 Å². The lowest BCUT2D eigenvalue weighted by Gasteiger charge is -2.21. The van der Waals surface area contributed by atoms with Gasteiger partial charge in [0.15, 0.2) is 11.5 Å². The molecule has 8 heteroatoms. The number of hydrogen-bond acceptors (Lipinski definition) is 4. The van der Waals surface area contributed by atoms with Crippen LogP contribution in [0.1, 0.15) is 34.0 Å². The summed E-state index contributed by atoms with van der Waals surface area (Å²) in [6.45, 7) is 7.49. The van der Waals surface area contributed by atoms with Crippen LogP contribution in [-0.2, 0) is 0 Å². The van der Waals surface area contributed by atoms with Gasteiger partial charge in [-0.1, -0.05) is 24.8 Å². The molecule has 0 radical (unpaired) electrons. The van der Waals surface area contributed by atoms with Crippen molar-refractivity contribution in [3.63, 3.8) is 0 Å². The van der Waals surface area contributed by atoms with Crippen molar-refractivity contribution in [2.24, 2.45) is 0 Å². The molecule has 27 heavy (non-hydrogen) atoms. The lowest BCUT2D eigenvalue weighted by molar-refractivity contribution is 0.322. The van der Waals surface area contributed by atoms with Crippen LogP contribution in [0.25, 0.3) is 0 Å². The van der Waals surface area contributed by atoms with Gasteiger partial charge in [-0.15, -0.1) is 0 Å². The number of aryl methyl sites for hydroxylation is 2. The van der Waals surface area contributed by atoms with Crippen molar-refractivity contribution < 1.29 is 9.47 Å². The molecule has 0 unspecified atom stereocenters. The van der Waals surface area contributed by atoms with E-state index in [1.54, 1.807) is 32.1 Å². The smallest absolute Gasteiger partial charge is 0.268 e. The topological polar surface area (TPSA) is 116 Å². The number of ether oxygens (including phenoxy) is 2. The molecule has 4 N–H and O–H groups in total. The standard InChI is InChI=1S/C19H22N4O4/c1-5-9-27-17-12(7-6-8-13(17)26-4)16(14-10(2)20-22-18(14)24)15-11(3)21-23-19(15)25/h5-8,16H,1,9H2,2-4H3,(H2,20,22,24)(H2,21,23,25). The Balaban J connectivity index is 2.35. The average Bonchev–Trinajstić information content (AvgIpc) is 3.17. The van der Waals surface area contributed by atoms with E-state index in [9.17, 15) is 9.59 Å². The Labute approximate surface area is 155 Å². The Bertz CT molecular complexity index is 1020. The van der Waals surface area contributed by atoms with Crippen LogP contribution >= 0.6 is 0 Å². The van der Waals surface area contributed by atoms with Crippen molar-refractivity contribution in [1.82, 2.24) is 20.4 Å². The van der Waals surface area contributed by atoms with Gasteiger partial charge in [-0.25, -0.2) is 0 Å². The molecule has 0 aliphatic heterocycles. The van der Waals surface area contributed by atoms with E-state index >= 15 is 0 Å². The molecule has 2 heterocycles. The van der Waals surface area contributed by atoms with Crippen LogP contribution in [0.15, 0.2) is 40.4 Å². The lowest BCUT2D eigenvalue weighted by atomic mass is 9.84. The molecule has 0 saturated heterocycles. The van der Waals surface area contributed by atoms with Crippen LogP contribution in [0.5, 0.6) is 11.5 Å². The fourth-order valence-electron chi connectivity index (χ4n) is 3.28. The summed E-state index contributed by atoms with van der Waals surface area (Å²) in [5, 5.41) is 10.8. The molecule has 0 saturated carbocycles. The van der Waals surface area contributed by atoms with Crippen molar-refractivity contribution >= 4 is 0 Å². The summed E-state index contributed by atoms with van der Waals surface area (Å²) in [7, 11) is 1.54. The summed E-state index contributed by atoms with van der Waals surface area (Å²) in [6, 6.07) is 5.39. The Morgan fingerprint density at radius 3 is 2.07 bits per heavy atom. The van der Waals surface area contributed by atoms with E-state index in [1.165, 1.54) is 7.11 Å². The van der Waals surface area contributed by atoms with Gasteiger partial charge in [0.05, 0.1) is 24.2 Å². The van der Waals surface area contributed by atoms with Crippen molar-refractivity contribution in [2.45, 2.75) is 19.8 Å². The van der Waals surface area contributed by atoms with E-state index in [-0.39, 0.29) is 17.7 Å².